The van der Waals surface area contributed by atoms with Crippen LogP contribution in [0.25, 0.3) is 0 Å². The second-order valence-corrected chi connectivity index (χ2v) is 9.82. The van der Waals surface area contributed by atoms with Crippen LogP contribution in [0.3, 0.4) is 0 Å². The Morgan fingerprint density at radius 2 is 1.40 bits per heavy atom. The number of nitrogens with one attached hydrogen (secondary N) is 1. The Kier molecular flexibility index (Phi) is 7.09. The summed E-state index contributed by atoms with van der Waals surface area (Å²) in [5.41, 5.74) is 3.85. The predicted octanol–water partition coefficient (Wildman–Crippen LogP) is 3.17. The van der Waals surface area contributed by atoms with E-state index in [0.717, 1.165) is 35.3 Å². The van der Waals surface area contributed by atoms with Gasteiger partial charge in [0.05, 0.1) is 16.3 Å². The van der Waals surface area contributed by atoms with Crippen molar-refractivity contribution in [1.29, 1.82) is 0 Å². The van der Waals surface area contributed by atoms with Crippen LogP contribution in [0, 0.1) is 0 Å². The first-order chi connectivity index (χ1) is 16.8. The molecule has 35 heavy (non-hydrogen) atoms. The molecular formula is C26H24N2O6S. The quantitative estimate of drug-likeness (QED) is 0.401. The van der Waals surface area contributed by atoms with E-state index >= 15 is 0 Å². The number of esters is 1. The van der Waals surface area contributed by atoms with E-state index in [4.69, 9.17) is 4.74 Å². The van der Waals surface area contributed by atoms with Gasteiger partial charge in [-0.2, -0.15) is 4.72 Å². The fourth-order valence-electron chi connectivity index (χ4n) is 3.91. The van der Waals surface area contributed by atoms with Crippen molar-refractivity contribution in [3.05, 3.63) is 89.5 Å². The molecule has 1 aliphatic rings. The number of anilines is 2. The van der Waals surface area contributed by atoms with Crippen LogP contribution >= 0.6 is 0 Å². The molecule has 9 heteroatoms. The van der Waals surface area contributed by atoms with E-state index < -0.39 is 35.1 Å². The third-order valence-electron chi connectivity index (χ3n) is 5.71. The summed E-state index contributed by atoms with van der Waals surface area (Å²) < 4.78 is 32.1. The number of fused-ring (bicyclic) bond motifs is 2. The van der Waals surface area contributed by atoms with Crippen molar-refractivity contribution >= 4 is 39.1 Å². The maximum Gasteiger partial charge on any atom is 0.321 e. The van der Waals surface area contributed by atoms with E-state index in [9.17, 15) is 22.8 Å². The highest BCUT2D eigenvalue weighted by atomic mass is 32.2. The summed E-state index contributed by atoms with van der Waals surface area (Å²) in [6.07, 6.45) is 1.54. The molecule has 0 aliphatic carbocycles. The van der Waals surface area contributed by atoms with E-state index in [1.807, 2.05) is 48.5 Å². The molecule has 0 fully saturated rings. The van der Waals surface area contributed by atoms with Crippen molar-refractivity contribution in [1.82, 2.24) is 4.72 Å². The molecule has 0 aromatic heterocycles. The Morgan fingerprint density at radius 1 is 0.857 bits per heavy atom. The lowest BCUT2D eigenvalue weighted by molar-refractivity contribution is -0.146. The van der Waals surface area contributed by atoms with Crippen LogP contribution in [-0.2, 0) is 37.2 Å². The van der Waals surface area contributed by atoms with Gasteiger partial charge in [-0.15, -0.1) is 0 Å². The molecule has 1 N–H and O–H groups in total. The normalized spacial score (nSPS) is 12.8. The number of hydrogen-bond acceptors (Lipinski definition) is 6. The van der Waals surface area contributed by atoms with Crippen molar-refractivity contribution in [2.45, 2.75) is 24.7 Å². The first-order valence-electron chi connectivity index (χ1n) is 11.0. The van der Waals surface area contributed by atoms with E-state index in [1.165, 1.54) is 31.2 Å². The molecule has 1 aliphatic heterocycles. The summed E-state index contributed by atoms with van der Waals surface area (Å²) in [6.45, 7) is 0.190. The van der Waals surface area contributed by atoms with Crippen LogP contribution in [0.15, 0.2) is 77.7 Å². The average Bonchev–Trinajstić information content (AvgIpc) is 3.03. The number of aryl methyl sites for hydroxylation is 2. The third-order valence-corrected chi connectivity index (χ3v) is 7.13. The highest BCUT2D eigenvalue weighted by molar-refractivity contribution is 7.89. The molecule has 0 saturated heterocycles. The fourth-order valence-corrected chi connectivity index (χ4v) is 4.88. The van der Waals surface area contributed by atoms with E-state index in [-0.39, 0.29) is 10.7 Å². The van der Waals surface area contributed by atoms with Crippen LogP contribution in [0.1, 0.15) is 28.4 Å². The van der Waals surface area contributed by atoms with Crippen LogP contribution in [0.2, 0.25) is 0 Å². The van der Waals surface area contributed by atoms with E-state index in [2.05, 4.69) is 4.72 Å². The molecule has 1 amide bonds. The van der Waals surface area contributed by atoms with Gasteiger partial charge in [0.1, 0.15) is 6.54 Å². The number of para-hydroxylation sites is 2. The summed E-state index contributed by atoms with van der Waals surface area (Å²) in [5, 5.41) is 0. The lowest BCUT2D eigenvalue weighted by Gasteiger charge is -2.24. The van der Waals surface area contributed by atoms with Gasteiger partial charge in [0.25, 0.3) is 5.91 Å². The van der Waals surface area contributed by atoms with Crippen LogP contribution in [0.5, 0.6) is 0 Å². The summed E-state index contributed by atoms with van der Waals surface area (Å²) in [5.74, 6) is -1.52. The topological polar surface area (TPSA) is 110 Å². The number of amides is 1. The summed E-state index contributed by atoms with van der Waals surface area (Å²) in [4.78, 5) is 38.2. The average molecular weight is 493 g/mol. The van der Waals surface area contributed by atoms with Crippen molar-refractivity contribution in [2.24, 2.45) is 0 Å². The van der Waals surface area contributed by atoms with Crippen LogP contribution in [-0.4, -0.2) is 39.2 Å². The maximum atomic E-state index is 13.2. The first-order valence-corrected chi connectivity index (χ1v) is 12.5. The molecule has 0 radical (unpaired) electrons. The van der Waals surface area contributed by atoms with Crippen LogP contribution < -0.4 is 9.62 Å². The minimum atomic E-state index is -4.00. The van der Waals surface area contributed by atoms with E-state index in [1.54, 1.807) is 4.90 Å². The zero-order chi connectivity index (χ0) is 25.0. The smallest absolute Gasteiger partial charge is 0.321 e. The number of benzene rings is 3. The maximum absolute atomic E-state index is 13.2. The fraction of sp³-hybridized carbons (Fsp3) is 0.192. The lowest BCUT2D eigenvalue weighted by atomic mass is 10.0. The van der Waals surface area contributed by atoms with Gasteiger partial charge in [-0.25, -0.2) is 8.42 Å². The zero-order valence-electron chi connectivity index (χ0n) is 19.1. The van der Waals surface area contributed by atoms with Crippen molar-refractivity contribution < 1.29 is 27.5 Å². The number of sulfonamides is 1. The predicted molar refractivity (Wildman–Crippen MR) is 130 cm³/mol. The molecular weight excluding hydrogens is 468 g/mol. The highest BCUT2D eigenvalue weighted by Crippen LogP contribution is 2.35. The molecule has 0 saturated carbocycles. The van der Waals surface area contributed by atoms with Crippen molar-refractivity contribution in [3.8, 4) is 0 Å². The molecule has 8 nitrogen and oxygen atoms in total. The minimum absolute atomic E-state index is 0.0934. The molecule has 180 valence electrons. The zero-order valence-corrected chi connectivity index (χ0v) is 19.9. The number of ether oxygens (including phenoxy) is 1. The number of carbonyl (C=O) groups excluding carboxylic acids is 3. The Morgan fingerprint density at radius 3 is 1.94 bits per heavy atom. The second kappa shape index (κ2) is 10.2. The van der Waals surface area contributed by atoms with Gasteiger partial charge in [-0.05, 0) is 55.2 Å². The Hall–Kier alpha value is -3.82. The Balaban J connectivity index is 1.42. The molecule has 3 aromatic carbocycles. The molecule has 0 spiro atoms. The third kappa shape index (κ3) is 5.47. The number of nitrogens with zero attached hydrogens (tertiary/aromatic N) is 1. The van der Waals surface area contributed by atoms with Gasteiger partial charge in [0, 0.05) is 5.56 Å². The molecule has 0 atom stereocenters. The summed E-state index contributed by atoms with van der Waals surface area (Å²) in [6, 6.07) is 20.5. The molecule has 0 bridgehead atoms. The summed E-state index contributed by atoms with van der Waals surface area (Å²) >= 11 is 0. The van der Waals surface area contributed by atoms with Gasteiger partial charge in [0.2, 0.25) is 10.0 Å². The molecule has 4 rings (SSSR count). The largest absolute Gasteiger partial charge is 0.455 e. The second-order valence-electron chi connectivity index (χ2n) is 8.05. The van der Waals surface area contributed by atoms with Gasteiger partial charge < -0.3 is 4.74 Å². The standard InChI is InChI=1S/C26H24N2O6S/c1-18(29)19-12-14-22(15-13-19)35(32,33)27-16-26(31)34-17-25(30)28-23-8-4-2-6-20(23)10-11-21-7-3-5-9-24(21)28/h2-9,12-15,27H,10-11,16-17H2,1H3. The Labute approximate surface area is 203 Å². The number of ketones is 1. The lowest BCUT2D eigenvalue weighted by Crippen LogP contribution is -2.35. The first kappa shape index (κ1) is 24.3. The van der Waals surface area contributed by atoms with E-state index in [0.29, 0.717) is 5.56 Å². The van der Waals surface area contributed by atoms with Crippen molar-refractivity contribution in [3.63, 3.8) is 0 Å². The van der Waals surface area contributed by atoms with Gasteiger partial charge >= 0.3 is 5.97 Å². The molecule has 0 unspecified atom stereocenters. The van der Waals surface area contributed by atoms with Gasteiger partial charge in [0.15, 0.2) is 12.4 Å². The van der Waals surface area contributed by atoms with Gasteiger partial charge in [-0.1, -0.05) is 48.5 Å². The number of hydrogen-bond donors (Lipinski definition) is 1. The monoisotopic (exact) mass is 492 g/mol. The SMILES string of the molecule is CC(=O)c1ccc(S(=O)(=O)NCC(=O)OCC(=O)N2c3ccccc3CCc3ccccc32)cc1. The number of rotatable bonds is 7. The minimum Gasteiger partial charge on any atom is -0.455 e. The number of carbonyl (C=O) groups is 3. The molecule has 1 heterocycles. The Bertz CT molecular complexity index is 1340. The molecule has 3 aromatic rings. The summed E-state index contributed by atoms with van der Waals surface area (Å²) in [7, 11) is -4.00. The number of Topliss-reactive ketones (excluding diaryl/α,β-unsaturated/α-hetero) is 1. The van der Waals surface area contributed by atoms with Crippen molar-refractivity contribution in [2.75, 3.05) is 18.1 Å². The van der Waals surface area contributed by atoms with Crippen LogP contribution in [0.4, 0.5) is 11.4 Å². The van der Waals surface area contributed by atoms with Gasteiger partial charge in [-0.3, -0.25) is 19.3 Å². The highest BCUT2D eigenvalue weighted by Gasteiger charge is 2.26.